The van der Waals surface area contributed by atoms with Gasteiger partial charge in [-0.2, -0.15) is 0 Å². The van der Waals surface area contributed by atoms with Crippen molar-refractivity contribution < 1.29 is 27.5 Å². The number of hydrogen-bond donors (Lipinski definition) is 2. The molecule has 2 N–H and O–H groups in total. The molecule has 0 radical (unpaired) electrons. The molecule has 1 aliphatic heterocycles. The summed E-state index contributed by atoms with van der Waals surface area (Å²) in [5.74, 6) is -0.548. The number of thiophene rings is 2. The summed E-state index contributed by atoms with van der Waals surface area (Å²) in [6.45, 7) is 0.0507. The molecule has 0 aliphatic carbocycles. The fourth-order valence-electron chi connectivity index (χ4n) is 2.98. The highest BCUT2D eigenvalue weighted by Crippen LogP contribution is 2.34. The number of benzene rings is 1. The zero-order valence-electron chi connectivity index (χ0n) is 16.1. The van der Waals surface area contributed by atoms with Crippen LogP contribution in [-0.4, -0.2) is 33.6 Å². The molecule has 0 fully saturated rings. The molecule has 1 aliphatic rings. The molecule has 0 bridgehead atoms. The molecule has 8 nitrogen and oxygen atoms in total. The zero-order valence-corrected chi connectivity index (χ0v) is 18.5. The molecule has 162 valence electrons. The highest BCUT2D eigenvalue weighted by Gasteiger charge is 2.31. The van der Waals surface area contributed by atoms with Crippen LogP contribution in [0, 0.1) is 0 Å². The third-order valence-corrected chi connectivity index (χ3v) is 9.20. The van der Waals surface area contributed by atoms with E-state index in [0.717, 1.165) is 16.9 Å². The second kappa shape index (κ2) is 9.08. The average Bonchev–Trinajstić information content (AvgIpc) is 3.53. The normalized spacial score (nSPS) is 13.5. The lowest BCUT2D eigenvalue weighted by Gasteiger charge is -2.16. The van der Waals surface area contributed by atoms with Crippen molar-refractivity contribution in [3.05, 3.63) is 63.7 Å². The number of nitrogens with one attached hydrogen (secondary N) is 2. The van der Waals surface area contributed by atoms with Crippen molar-refractivity contribution in [2.24, 2.45) is 0 Å². The van der Waals surface area contributed by atoms with Gasteiger partial charge in [0.2, 0.25) is 6.79 Å². The van der Waals surface area contributed by atoms with Crippen LogP contribution in [0.3, 0.4) is 0 Å². The lowest BCUT2D eigenvalue weighted by molar-refractivity contribution is -0.139. The third-order valence-electron chi connectivity index (χ3n) is 4.55. The molecular formula is C20H18N2O6S3. The minimum absolute atomic E-state index is 0.116. The van der Waals surface area contributed by atoms with E-state index in [9.17, 15) is 18.0 Å². The molecule has 0 unspecified atom stereocenters. The number of sulfone groups is 1. The van der Waals surface area contributed by atoms with E-state index in [-0.39, 0.29) is 24.1 Å². The van der Waals surface area contributed by atoms with Gasteiger partial charge in [0, 0.05) is 18.0 Å². The molecule has 2 amide bonds. The summed E-state index contributed by atoms with van der Waals surface area (Å²) >= 11 is 2.40. The number of amides is 2. The van der Waals surface area contributed by atoms with Gasteiger partial charge in [-0.15, -0.1) is 22.7 Å². The van der Waals surface area contributed by atoms with E-state index in [1.54, 1.807) is 47.2 Å². The van der Waals surface area contributed by atoms with Gasteiger partial charge in [0.1, 0.15) is 9.46 Å². The summed E-state index contributed by atoms with van der Waals surface area (Å²) < 4.78 is 36.8. The first-order chi connectivity index (χ1) is 14.9. The number of carbonyl (C=O) groups is 2. The molecule has 0 saturated heterocycles. The highest BCUT2D eigenvalue weighted by molar-refractivity contribution is 7.93. The number of ether oxygens (including phenoxy) is 2. The van der Waals surface area contributed by atoms with Gasteiger partial charge >= 0.3 is 11.8 Å². The van der Waals surface area contributed by atoms with Crippen molar-refractivity contribution in [2.75, 3.05) is 13.3 Å². The minimum Gasteiger partial charge on any atom is -0.454 e. The maximum atomic E-state index is 13.0. The van der Waals surface area contributed by atoms with Gasteiger partial charge < -0.3 is 20.1 Å². The van der Waals surface area contributed by atoms with Crippen LogP contribution >= 0.6 is 22.7 Å². The molecule has 1 atom stereocenters. The standard InChI is InChI=1S/C20H18N2O6S3/c23-19(21-10-13-5-6-14-15(9-13)28-12-27-14)20(24)22-11-17(16-3-1-7-29-16)31(25,26)18-4-2-8-30-18/h1-9,17H,10-12H2,(H,21,23)(H,22,24)/t17-/m1/s1. The Kier molecular flexibility index (Phi) is 6.25. The quantitative estimate of drug-likeness (QED) is 0.505. The highest BCUT2D eigenvalue weighted by atomic mass is 32.2. The molecule has 2 aromatic heterocycles. The van der Waals surface area contributed by atoms with Gasteiger partial charge in [-0.1, -0.05) is 18.2 Å². The molecule has 3 heterocycles. The van der Waals surface area contributed by atoms with Gasteiger partial charge in [0.15, 0.2) is 21.3 Å². The minimum atomic E-state index is -3.71. The number of rotatable bonds is 7. The Morgan fingerprint density at radius 2 is 1.71 bits per heavy atom. The van der Waals surface area contributed by atoms with Crippen LogP contribution in [0.25, 0.3) is 0 Å². The molecule has 1 aromatic carbocycles. The Hall–Kier alpha value is -2.89. The second-order valence-corrected chi connectivity index (χ2v) is 10.8. The molecule has 4 rings (SSSR count). The number of hydrogen-bond acceptors (Lipinski definition) is 8. The summed E-state index contributed by atoms with van der Waals surface area (Å²) in [6, 6.07) is 11.8. The van der Waals surface area contributed by atoms with Crippen molar-refractivity contribution >= 4 is 44.3 Å². The van der Waals surface area contributed by atoms with Gasteiger partial charge in [0.05, 0.1) is 0 Å². The van der Waals surface area contributed by atoms with Crippen LogP contribution in [0.5, 0.6) is 11.5 Å². The van der Waals surface area contributed by atoms with Crippen LogP contribution in [0.1, 0.15) is 15.7 Å². The summed E-state index contributed by atoms with van der Waals surface area (Å²) in [6.07, 6.45) is 0. The van der Waals surface area contributed by atoms with Crippen molar-refractivity contribution in [3.63, 3.8) is 0 Å². The Morgan fingerprint density at radius 3 is 2.45 bits per heavy atom. The molecule has 0 spiro atoms. The summed E-state index contributed by atoms with van der Waals surface area (Å²) in [5.41, 5.74) is 0.738. The largest absolute Gasteiger partial charge is 0.454 e. The molecule has 31 heavy (non-hydrogen) atoms. The van der Waals surface area contributed by atoms with Crippen LogP contribution in [-0.2, 0) is 26.0 Å². The summed E-state index contributed by atoms with van der Waals surface area (Å²) in [4.78, 5) is 25.1. The molecule has 11 heteroatoms. The van der Waals surface area contributed by atoms with Crippen LogP contribution in [0.15, 0.2) is 57.4 Å². The van der Waals surface area contributed by atoms with Gasteiger partial charge in [-0.05, 0) is 40.6 Å². The van der Waals surface area contributed by atoms with E-state index < -0.39 is 26.9 Å². The topological polar surface area (TPSA) is 111 Å². The predicted octanol–water partition coefficient (Wildman–Crippen LogP) is 2.49. The molecular weight excluding hydrogens is 460 g/mol. The van der Waals surface area contributed by atoms with E-state index in [1.165, 1.54) is 17.4 Å². The van der Waals surface area contributed by atoms with E-state index in [2.05, 4.69) is 10.6 Å². The number of carbonyl (C=O) groups excluding carboxylic acids is 2. The van der Waals surface area contributed by atoms with E-state index in [0.29, 0.717) is 16.4 Å². The van der Waals surface area contributed by atoms with Crippen molar-refractivity contribution in [3.8, 4) is 11.5 Å². The lowest BCUT2D eigenvalue weighted by atomic mass is 10.2. The Bertz CT molecular complexity index is 1170. The Morgan fingerprint density at radius 1 is 0.968 bits per heavy atom. The van der Waals surface area contributed by atoms with Crippen molar-refractivity contribution in [1.29, 1.82) is 0 Å². The Labute approximate surface area is 186 Å². The SMILES string of the molecule is O=C(NCc1ccc2c(c1)OCO2)C(=O)NC[C@H](c1cccs1)S(=O)(=O)c1cccs1. The monoisotopic (exact) mass is 478 g/mol. The lowest BCUT2D eigenvalue weighted by Crippen LogP contribution is -2.41. The van der Waals surface area contributed by atoms with E-state index in [1.807, 2.05) is 0 Å². The summed E-state index contributed by atoms with van der Waals surface area (Å²) in [5, 5.41) is 7.45. The van der Waals surface area contributed by atoms with E-state index >= 15 is 0 Å². The second-order valence-electron chi connectivity index (χ2n) is 6.56. The fourth-order valence-corrected chi connectivity index (χ4v) is 6.97. The fraction of sp³-hybridized carbons (Fsp3) is 0.200. The average molecular weight is 479 g/mol. The third kappa shape index (κ3) is 4.73. The van der Waals surface area contributed by atoms with Gasteiger partial charge in [-0.25, -0.2) is 8.42 Å². The maximum Gasteiger partial charge on any atom is 0.309 e. The zero-order chi connectivity index (χ0) is 21.8. The predicted molar refractivity (Wildman–Crippen MR) is 116 cm³/mol. The van der Waals surface area contributed by atoms with Crippen LogP contribution < -0.4 is 20.1 Å². The van der Waals surface area contributed by atoms with Crippen LogP contribution in [0.4, 0.5) is 0 Å². The van der Waals surface area contributed by atoms with Crippen molar-refractivity contribution in [2.45, 2.75) is 16.0 Å². The Balaban J connectivity index is 1.38. The smallest absolute Gasteiger partial charge is 0.309 e. The molecule has 3 aromatic rings. The van der Waals surface area contributed by atoms with Gasteiger partial charge in [0.25, 0.3) is 0 Å². The van der Waals surface area contributed by atoms with Crippen LogP contribution in [0.2, 0.25) is 0 Å². The first-order valence-corrected chi connectivity index (χ1v) is 12.5. The first-order valence-electron chi connectivity index (χ1n) is 9.20. The van der Waals surface area contributed by atoms with E-state index in [4.69, 9.17) is 9.47 Å². The van der Waals surface area contributed by atoms with Gasteiger partial charge in [-0.3, -0.25) is 9.59 Å². The molecule has 0 saturated carbocycles. The number of fused-ring (bicyclic) bond motifs is 1. The first kappa shape index (κ1) is 21.3. The summed E-state index contributed by atoms with van der Waals surface area (Å²) in [7, 11) is -3.71. The van der Waals surface area contributed by atoms with Crippen molar-refractivity contribution in [1.82, 2.24) is 10.6 Å². The maximum absolute atomic E-state index is 13.0.